The lowest BCUT2D eigenvalue weighted by Crippen LogP contribution is -2.69. The van der Waals surface area contributed by atoms with Gasteiger partial charge in [-0.05, 0) is 94.7 Å². The number of aliphatic hydroxyl groups is 1. The minimum absolute atomic E-state index is 0.0139. The lowest BCUT2D eigenvalue weighted by molar-refractivity contribution is -0.230. The van der Waals surface area contributed by atoms with Crippen LogP contribution in [-0.2, 0) is 20.7 Å². The normalized spacial score (nSPS) is 39.7. The number of benzene rings is 1. The molecule has 1 aromatic carbocycles. The molecule has 7 rings (SSSR count). The number of carbonyl (C=O) groups is 1. The van der Waals surface area contributed by atoms with Gasteiger partial charge in [0.25, 0.3) is 0 Å². The first-order valence-corrected chi connectivity index (χ1v) is 17.7. The van der Waals surface area contributed by atoms with Gasteiger partial charge in [0, 0.05) is 45.7 Å². The summed E-state index contributed by atoms with van der Waals surface area (Å²) >= 11 is 1.65. The van der Waals surface area contributed by atoms with Crippen LogP contribution < -0.4 is 5.32 Å². The Hall–Kier alpha value is -2.58. The summed E-state index contributed by atoms with van der Waals surface area (Å²) in [6.07, 6.45) is 6.49. The number of nitrogens with one attached hydrogen (secondary N) is 1. The third-order valence-corrected chi connectivity index (χ3v) is 13.1. The van der Waals surface area contributed by atoms with E-state index in [-0.39, 0.29) is 23.7 Å². The molecule has 0 bridgehead atoms. The SMILES string of the molecule is C=C1C=C[C@@]2(C)C(=C1)CC[C@H]1[C@@H]3C[C@H]4O[C@@H](c5ccc(Cc6cccc(NC(C)(C)C)c6)s5)O[C@@]4(C(=O)CC)[C@@]3(C)C[C@H](O)[C@@]12F. The second kappa shape index (κ2) is 10.7. The number of hydrogen-bond acceptors (Lipinski definition) is 6. The van der Waals surface area contributed by atoms with Gasteiger partial charge in [0.2, 0.25) is 0 Å². The lowest BCUT2D eigenvalue weighted by atomic mass is 9.44. The van der Waals surface area contributed by atoms with Crippen LogP contribution in [0, 0.1) is 22.7 Å². The van der Waals surface area contributed by atoms with Gasteiger partial charge >= 0.3 is 0 Å². The van der Waals surface area contributed by atoms with Gasteiger partial charge in [0.1, 0.15) is 0 Å². The summed E-state index contributed by atoms with van der Waals surface area (Å²) in [5.41, 5.74) is -0.626. The van der Waals surface area contributed by atoms with Crippen LogP contribution in [0.15, 0.2) is 72.4 Å². The molecule has 3 saturated carbocycles. The van der Waals surface area contributed by atoms with Crippen molar-refractivity contribution < 1.29 is 23.8 Å². The van der Waals surface area contributed by atoms with E-state index < -0.39 is 46.5 Å². The number of thiophene rings is 1. The Labute approximate surface area is 277 Å². The zero-order chi connectivity index (χ0) is 32.9. The van der Waals surface area contributed by atoms with Gasteiger partial charge in [0.15, 0.2) is 23.3 Å². The first-order valence-electron chi connectivity index (χ1n) is 16.9. The van der Waals surface area contributed by atoms with Gasteiger partial charge in [0.05, 0.1) is 17.1 Å². The molecule has 0 radical (unpaired) electrons. The first-order chi connectivity index (χ1) is 21.6. The van der Waals surface area contributed by atoms with Crippen LogP contribution in [0.1, 0.15) is 95.3 Å². The molecule has 0 unspecified atom stereocenters. The number of anilines is 1. The number of hydrogen-bond donors (Lipinski definition) is 2. The van der Waals surface area contributed by atoms with Crippen LogP contribution >= 0.6 is 11.3 Å². The molecule has 2 N–H and O–H groups in total. The summed E-state index contributed by atoms with van der Waals surface area (Å²) in [5, 5.41) is 15.4. The van der Waals surface area contributed by atoms with E-state index in [1.165, 1.54) is 10.4 Å². The Morgan fingerprint density at radius 1 is 1.20 bits per heavy atom. The van der Waals surface area contributed by atoms with E-state index in [0.717, 1.165) is 34.6 Å². The maximum atomic E-state index is 17.7. The molecule has 2 heterocycles. The molecule has 0 amide bonds. The highest BCUT2D eigenvalue weighted by Crippen LogP contribution is 2.72. The molecule has 46 heavy (non-hydrogen) atoms. The average Bonchev–Trinajstić information content (AvgIpc) is 3.66. The second-order valence-corrected chi connectivity index (χ2v) is 17.0. The number of ether oxygens (including phenoxy) is 2. The molecule has 1 saturated heterocycles. The standard InChI is InChI=1S/C39H48FNO4S/c1-8-31(42)39-33(44-34(45-39)30-15-13-27(46-30)20-24-10-9-11-26(19-24)41-35(3,4)5)21-29-28-14-12-25-18-23(2)16-17-36(25,6)38(28,40)32(43)22-37(29,39)7/h9-11,13,15-19,28-29,32-34,41,43H,2,8,12,14,20-22H2,1,3-7H3/t28-,29-,32-,33+,34+,36-,37-,38-,39+/m0/s1. The fourth-order valence-electron chi connectivity index (χ4n) is 9.93. The number of aliphatic hydroxyl groups excluding tert-OH is 1. The number of halogens is 1. The highest BCUT2D eigenvalue weighted by Gasteiger charge is 2.79. The molecular weight excluding hydrogens is 597 g/mol. The van der Waals surface area contributed by atoms with Crippen LogP contribution in [0.4, 0.5) is 10.1 Å². The molecule has 4 fully saturated rings. The Morgan fingerprint density at radius 2 is 1.98 bits per heavy atom. The third kappa shape index (κ3) is 4.52. The second-order valence-electron chi connectivity index (χ2n) is 15.8. The minimum Gasteiger partial charge on any atom is -0.390 e. The van der Waals surface area contributed by atoms with Crippen LogP contribution in [0.5, 0.6) is 0 Å². The predicted molar refractivity (Wildman–Crippen MR) is 182 cm³/mol. The number of rotatable bonds is 6. The van der Waals surface area contributed by atoms with Crippen molar-refractivity contribution in [2.45, 2.75) is 115 Å². The van der Waals surface area contributed by atoms with Crippen molar-refractivity contribution in [1.29, 1.82) is 0 Å². The highest BCUT2D eigenvalue weighted by atomic mass is 32.1. The van der Waals surface area contributed by atoms with Crippen LogP contribution in [0.25, 0.3) is 0 Å². The van der Waals surface area contributed by atoms with E-state index in [0.29, 0.717) is 19.3 Å². The van der Waals surface area contributed by atoms with Crippen molar-refractivity contribution >= 4 is 22.8 Å². The van der Waals surface area contributed by atoms with Gasteiger partial charge in [-0.15, -0.1) is 11.3 Å². The van der Waals surface area contributed by atoms with Gasteiger partial charge in [-0.3, -0.25) is 4.79 Å². The topological polar surface area (TPSA) is 67.8 Å². The number of carbonyl (C=O) groups excluding carboxylic acids is 1. The van der Waals surface area contributed by atoms with Gasteiger partial charge in [-0.2, -0.15) is 0 Å². The smallest absolute Gasteiger partial charge is 0.194 e. The van der Waals surface area contributed by atoms with Gasteiger partial charge in [-0.1, -0.05) is 56.4 Å². The fourth-order valence-corrected chi connectivity index (χ4v) is 10.9. The number of allylic oxidation sites excluding steroid dienone is 5. The van der Waals surface area contributed by atoms with E-state index in [4.69, 9.17) is 9.47 Å². The zero-order valence-electron chi connectivity index (χ0n) is 28.0. The number of alkyl halides is 1. The summed E-state index contributed by atoms with van der Waals surface area (Å²) in [6.45, 7) is 16.4. The average molecular weight is 646 g/mol. The Balaban J connectivity index is 1.17. The molecule has 5 nitrogen and oxygen atoms in total. The van der Waals surface area contributed by atoms with Crippen LogP contribution in [0.3, 0.4) is 0 Å². The molecule has 4 aliphatic carbocycles. The van der Waals surface area contributed by atoms with Crippen molar-refractivity contribution in [3.8, 4) is 0 Å². The van der Waals surface area contributed by atoms with E-state index in [2.05, 4.69) is 69.9 Å². The van der Waals surface area contributed by atoms with Gasteiger partial charge < -0.3 is 19.9 Å². The lowest BCUT2D eigenvalue weighted by Gasteiger charge is -2.62. The van der Waals surface area contributed by atoms with E-state index in [9.17, 15) is 9.90 Å². The van der Waals surface area contributed by atoms with Crippen molar-refractivity contribution in [2.24, 2.45) is 22.7 Å². The van der Waals surface area contributed by atoms with Crippen LogP contribution in [-0.4, -0.2) is 39.9 Å². The number of ketones is 1. The molecule has 1 aliphatic heterocycles. The van der Waals surface area contributed by atoms with Crippen molar-refractivity contribution in [3.63, 3.8) is 0 Å². The molecule has 7 heteroatoms. The predicted octanol–water partition coefficient (Wildman–Crippen LogP) is 8.65. The molecule has 9 atom stereocenters. The Morgan fingerprint density at radius 3 is 2.72 bits per heavy atom. The maximum absolute atomic E-state index is 17.7. The monoisotopic (exact) mass is 645 g/mol. The number of Topliss-reactive ketones (excluding diaryl/α,β-unsaturated/α-hetero) is 1. The first kappa shape index (κ1) is 32.0. The summed E-state index contributed by atoms with van der Waals surface area (Å²) in [5.74, 6) is -0.596. The molecular formula is C39H48FNO4S. The molecule has 5 aliphatic rings. The molecule has 1 aromatic heterocycles. The van der Waals surface area contributed by atoms with E-state index >= 15 is 4.39 Å². The largest absolute Gasteiger partial charge is 0.390 e. The highest BCUT2D eigenvalue weighted by molar-refractivity contribution is 7.12. The van der Waals surface area contributed by atoms with Crippen molar-refractivity contribution in [2.75, 3.05) is 5.32 Å². The minimum atomic E-state index is -1.85. The number of fused-ring (bicyclic) bond motifs is 7. The van der Waals surface area contributed by atoms with E-state index in [1.54, 1.807) is 11.3 Å². The summed E-state index contributed by atoms with van der Waals surface area (Å²) in [6, 6.07) is 12.7. The Bertz CT molecular complexity index is 1640. The molecule has 0 spiro atoms. The summed E-state index contributed by atoms with van der Waals surface area (Å²) in [7, 11) is 0. The van der Waals surface area contributed by atoms with Gasteiger partial charge in [-0.25, -0.2) is 4.39 Å². The summed E-state index contributed by atoms with van der Waals surface area (Å²) < 4.78 is 31.3. The Kier molecular flexibility index (Phi) is 7.45. The van der Waals surface area contributed by atoms with Crippen molar-refractivity contribution in [3.05, 3.63) is 87.7 Å². The molecule has 246 valence electrons. The maximum Gasteiger partial charge on any atom is 0.194 e. The quantitative estimate of drug-likeness (QED) is 0.329. The zero-order valence-corrected chi connectivity index (χ0v) is 28.8. The van der Waals surface area contributed by atoms with E-state index in [1.807, 2.05) is 38.1 Å². The molecule has 2 aromatic rings. The van der Waals surface area contributed by atoms with Crippen molar-refractivity contribution in [1.82, 2.24) is 0 Å². The fraction of sp³-hybridized carbons (Fsp3) is 0.564. The summed E-state index contributed by atoms with van der Waals surface area (Å²) in [4.78, 5) is 16.2. The van der Waals surface area contributed by atoms with Crippen LogP contribution in [0.2, 0.25) is 0 Å². The third-order valence-electron chi connectivity index (χ3n) is 11.9.